The summed E-state index contributed by atoms with van der Waals surface area (Å²) < 4.78 is 27.3. The van der Waals surface area contributed by atoms with Crippen molar-refractivity contribution in [3.8, 4) is 0 Å². The number of carbonyl (C=O) groups is 1. The quantitative estimate of drug-likeness (QED) is 0.598. The van der Waals surface area contributed by atoms with E-state index in [0.29, 0.717) is 37.1 Å². The van der Waals surface area contributed by atoms with Crippen LogP contribution in [0.25, 0.3) is 0 Å². The first-order valence-electron chi connectivity index (χ1n) is 8.79. The van der Waals surface area contributed by atoms with Gasteiger partial charge >= 0.3 is 0 Å². The van der Waals surface area contributed by atoms with Crippen LogP contribution in [0.15, 0.2) is 16.3 Å². The fourth-order valence-corrected chi connectivity index (χ4v) is 5.93. The number of nitrogens with zero attached hydrogens (tertiary/aromatic N) is 1. The van der Waals surface area contributed by atoms with Crippen LogP contribution in [0.3, 0.4) is 0 Å². The second kappa shape index (κ2) is 9.87. The van der Waals surface area contributed by atoms with Crippen molar-refractivity contribution in [1.82, 2.24) is 9.62 Å². The number of unbranched alkanes of at least 4 members (excludes halogenated alkanes) is 3. The molecule has 0 bridgehead atoms. The molecular formula is C16H27ClN3O3S2+. The Balaban J connectivity index is 1.73. The van der Waals surface area contributed by atoms with Crippen molar-refractivity contribution in [1.29, 1.82) is 0 Å². The van der Waals surface area contributed by atoms with Crippen molar-refractivity contribution in [2.75, 3.05) is 39.3 Å². The topological polar surface area (TPSA) is 70.9 Å². The number of quaternary nitrogens is 1. The van der Waals surface area contributed by atoms with Crippen LogP contribution in [0.1, 0.15) is 32.6 Å². The molecular weight excluding hydrogens is 382 g/mol. The first-order chi connectivity index (χ1) is 11.9. The lowest BCUT2D eigenvalue weighted by Gasteiger charge is -2.30. The number of rotatable bonds is 9. The number of halogens is 1. The zero-order valence-corrected chi connectivity index (χ0v) is 17.0. The summed E-state index contributed by atoms with van der Waals surface area (Å²) in [6, 6.07) is 3.15. The van der Waals surface area contributed by atoms with Crippen LogP contribution in [-0.2, 0) is 14.8 Å². The highest BCUT2D eigenvalue weighted by molar-refractivity contribution is 7.91. The highest BCUT2D eigenvalue weighted by Gasteiger charge is 2.31. The number of hydrogen-bond donors (Lipinski definition) is 2. The number of piperazine rings is 1. The van der Waals surface area contributed by atoms with Gasteiger partial charge in [-0.3, -0.25) is 4.79 Å². The Morgan fingerprint density at radius 1 is 1.28 bits per heavy atom. The fourth-order valence-electron chi connectivity index (χ4n) is 2.85. The molecule has 1 aromatic heterocycles. The molecule has 1 fully saturated rings. The van der Waals surface area contributed by atoms with Gasteiger partial charge in [-0.15, -0.1) is 11.3 Å². The average Bonchev–Trinajstić information content (AvgIpc) is 3.02. The summed E-state index contributed by atoms with van der Waals surface area (Å²) in [4.78, 5) is 13.1. The third kappa shape index (κ3) is 6.21. The van der Waals surface area contributed by atoms with Gasteiger partial charge in [0.05, 0.1) is 30.5 Å². The Morgan fingerprint density at radius 2 is 2.00 bits per heavy atom. The summed E-state index contributed by atoms with van der Waals surface area (Å²) >= 11 is 6.92. The van der Waals surface area contributed by atoms with E-state index in [0.717, 1.165) is 35.6 Å². The molecule has 1 saturated heterocycles. The molecule has 2 rings (SSSR count). The Kier molecular flexibility index (Phi) is 8.15. The first kappa shape index (κ1) is 20.6. The van der Waals surface area contributed by atoms with Crippen molar-refractivity contribution in [2.45, 2.75) is 36.8 Å². The molecule has 1 aromatic rings. The zero-order chi connectivity index (χ0) is 18.3. The summed E-state index contributed by atoms with van der Waals surface area (Å²) in [6.07, 6.45) is 4.55. The van der Waals surface area contributed by atoms with Gasteiger partial charge in [0.2, 0.25) is 0 Å². The van der Waals surface area contributed by atoms with E-state index in [1.54, 1.807) is 12.1 Å². The number of nitrogens with one attached hydrogen (secondary N) is 2. The van der Waals surface area contributed by atoms with Crippen LogP contribution in [0, 0.1) is 0 Å². The van der Waals surface area contributed by atoms with Crippen LogP contribution in [0.5, 0.6) is 0 Å². The molecule has 1 amide bonds. The molecule has 0 saturated carbocycles. The minimum absolute atomic E-state index is 0.0489. The van der Waals surface area contributed by atoms with Gasteiger partial charge in [0, 0.05) is 6.54 Å². The van der Waals surface area contributed by atoms with E-state index in [2.05, 4.69) is 12.2 Å². The van der Waals surface area contributed by atoms with Gasteiger partial charge in [-0.05, 0) is 18.6 Å². The van der Waals surface area contributed by atoms with E-state index in [9.17, 15) is 13.2 Å². The van der Waals surface area contributed by atoms with Crippen LogP contribution >= 0.6 is 22.9 Å². The normalized spacial score (nSPS) is 16.9. The lowest BCUT2D eigenvalue weighted by molar-refractivity contribution is -0.895. The smallest absolute Gasteiger partial charge is 0.275 e. The Bertz CT molecular complexity index is 655. The molecule has 6 nitrogen and oxygen atoms in total. The lowest BCUT2D eigenvalue weighted by atomic mass is 10.2. The highest BCUT2D eigenvalue weighted by Crippen LogP contribution is 2.27. The second-order valence-corrected chi connectivity index (χ2v) is 10.2. The highest BCUT2D eigenvalue weighted by atomic mass is 35.5. The minimum atomic E-state index is -3.46. The first-order valence-corrected chi connectivity index (χ1v) is 11.4. The molecule has 9 heteroatoms. The summed E-state index contributed by atoms with van der Waals surface area (Å²) in [7, 11) is -3.46. The summed E-state index contributed by atoms with van der Waals surface area (Å²) in [5.74, 6) is 0.0489. The fraction of sp³-hybridized carbons (Fsp3) is 0.688. The van der Waals surface area contributed by atoms with Gasteiger partial charge in [0.1, 0.15) is 4.21 Å². The van der Waals surface area contributed by atoms with E-state index >= 15 is 0 Å². The van der Waals surface area contributed by atoms with Crippen molar-refractivity contribution in [3.63, 3.8) is 0 Å². The maximum atomic E-state index is 12.5. The van der Waals surface area contributed by atoms with Crippen LogP contribution in [-0.4, -0.2) is 57.9 Å². The summed E-state index contributed by atoms with van der Waals surface area (Å²) in [5.41, 5.74) is 0. The van der Waals surface area contributed by atoms with Crippen molar-refractivity contribution in [3.05, 3.63) is 16.5 Å². The third-order valence-corrected chi connectivity index (χ3v) is 7.93. The van der Waals surface area contributed by atoms with Gasteiger partial charge < -0.3 is 10.2 Å². The van der Waals surface area contributed by atoms with Crippen molar-refractivity contribution < 1.29 is 18.1 Å². The molecule has 2 N–H and O–H groups in total. The Labute approximate surface area is 159 Å². The standard InChI is InChI=1S/C16H26ClN3O3S2/c1-2-3-4-5-8-18-15(21)13-19-9-11-20(12-10-19)25(22,23)16-7-6-14(17)24-16/h6-7H,2-5,8-13H2,1H3,(H,18,21)/p+1. The van der Waals surface area contributed by atoms with Gasteiger partial charge in [0.25, 0.3) is 15.9 Å². The molecule has 0 radical (unpaired) electrons. The Morgan fingerprint density at radius 3 is 2.60 bits per heavy atom. The van der Waals surface area contributed by atoms with Gasteiger partial charge in [-0.1, -0.05) is 37.8 Å². The molecule has 0 aromatic carbocycles. The molecule has 0 unspecified atom stereocenters. The Hall–Kier alpha value is -0.670. The number of sulfonamides is 1. The van der Waals surface area contributed by atoms with Crippen LogP contribution < -0.4 is 10.2 Å². The van der Waals surface area contributed by atoms with E-state index in [1.807, 2.05) is 0 Å². The lowest BCUT2D eigenvalue weighted by Crippen LogP contribution is -3.15. The van der Waals surface area contributed by atoms with E-state index < -0.39 is 10.0 Å². The maximum Gasteiger partial charge on any atom is 0.275 e. The van der Waals surface area contributed by atoms with Gasteiger partial charge in [0.15, 0.2) is 6.54 Å². The predicted octanol–water partition coefficient (Wildman–Crippen LogP) is 0.987. The van der Waals surface area contributed by atoms with Crippen LogP contribution in [0.4, 0.5) is 0 Å². The van der Waals surface area contributed by atoms with Gasteiger partial charge in [-0.2, -0.15) is 4.31 Å². The average molecular weight is 409 g/mol. The number of thiophene rings is 1. The van der Waals surface area contributed by atoms with Gasteiger partial charge in [-0.25, -0.2) is 8.42 Å². The summed E-state index contributed by atoms with van der Waals surface area (Å²) in [6.45, 7) is 5.43. The monoisotopic (exact) mass is 408 g/mol. The predicted molar refractivity (Wildman–Crippen MR) is 101 cm³/mol. The van der Waals surface area contributed by atoms with Crippen molar-refractivity contribution in [2.24, 2.45) is 0 Å². The molecule has 1 aliphatic heterocycles. The van der Waals surface area contributed by atoms with Crippen LogP contribution in [0.2, 0.25) is 4.34 Å². The second-order valence-electron chi connectivity index (χ2n) is 6.30. The minimum Gasteiger partial charge on any atom is -0.351 e. The molecule has 0 spiro atoms. The largest absolute Gasteiger partial charge is 0.351 e. The number of carbonyl (C=O) groups excluding carboxylic acids is 1. The van der Waals surface area contributed by atoms with E-state index in [1.165, 1.54) is 17.1 Å². The molecule has 25 heavy (non-hydrogen) atoms. The molecule has 0 aliphatic carbocycles. The van der Waals surface area contributed by atoms with E-state index in [-0.39, 0.29) is 10.1 Å². The van der Waals surface area contributed by atoms with E-state index in [4.69, 9.17) is 11.6 Å². The number of amides is 1. The molecule has 1 aliphatic rings. The van der Waals surface area contributed by atoms with Crippen molar-refractivity contribution >= 4 is 38.9 Å². The molecule has 0 atom stereocenters. The third-order valence-electron chi connectivity index (χ3n) is 4.34. The zero-order valence-electron chi connectivity index (χ0n) is 14.6. The SMILES string of the molecule is CCCCCCNC(=O)C[NH+]1CCN(S(=O)(=O)c2ccc(Cl)s2)CC1. The number of hydrogen-bond acceptors (Lipinski definition) is 4. The summed E-state index contributed by atoms with van der Waals surface area (Å²) in [5, 5.41) is 2.95. The molecule has 142 valence electrons. The molecule has 2 heterocycles. The maximum absolute atomic E-state index is 12.5.